The van der Waals surface area contributed by atoms with Crippen LogP contribution < -0.4 is 9.47 Å². The van der Waals surface area contributed by atoms with Crippen LogP contribution in [0.5, 0.6) is 11.5 Å². The van der Waals surface area contributed by atoms with E-state index in [0.29, 0.717) is 17.9 Å². The lowest BCUT2D eigenvalue weighted by atomic mass is 9.78. The number of rotatable bonds is 14. The summed E-state index contributed by atoms with van der Waals surface area (Å²) in [5.41, 5.74) is 0.480. The zero-order valence-electron chi connectivity index (χ0n) is 21.6. The Labute approximate surface area is 215 Å². The molecule has 0 spiro atoms. The Morgan fingerprint density at radius 2 is 1.56 bits per heavy atom. The second-order valence-corrected chi connectivity index (χ2v) is 10.1. The molecule has 0 aromatic heterocycles. The third-order valence-electron chi connectivity index (χ3n) is 7.31. The zero-order chi connectivity index (χ0) is 25.6. The lowest BCUT2D eigenvalue weighted by Gasteiger charge is -2.28. The predicted molar refractivity (Wildman–Crippen MR) is 141 cm³/mol. The van der Waals surface area contributed by atoms with Crippen LogP contribution in [0.15, 0.2) is 42.5 Å². The maximum atomic E-state index is 14.0. The Balaban J connectivity index is 1.29. The number of hydrogen-bond acceptors (Lipinski definition) is 4. The Bertz CT molecular complexity index is 974. The van der Waals surface area contributed by atoms with E-state index in [2.05, 4.69) is 6.92 Å². The number of hydrogen-bond donors (Lipinski definition) is 0. The Hall–Kier alpha value is -2.87. The standard InChI is InChI=1S/C31H40FNO3/c1-2-3-4-5-6-7-9-24-11-13-25(14-12-24)10-8-21-35-28-18-16-27(17-19-28)31(34)36-30-20-15-26(23-33)22-29(30)32/h15-20,22,24-25H,2-14,21H2,1H3/t24-,25-. The first kappa shape index (κ1) is 27.7. The number of unbranched alkanes of at least 4 members (excludes halogenated alkanes) is 5. The van der Waals surface area contributed by atoms with Crippen LogP contribution in [-0.4, -0.2) is 12.6 Å². The average Bonchev–Trinajstić information content (AvgIpc) is 2.91. The van der Waals surface area contributed by atoms with Gasteiger partial charge < -0.3 is 9.47 Å². The largest absolute Gasteiger partial charge is 0.494 e. The van der Waals surface area contributed by atoms with Gasteiger partial charge in [0.1, 0.15) is 5.75 Å². The van der Waals surface area contributed by atoms with Crippen molar-refractivity contribution in [1.29, 1.82) is 5.26 Å². The number of esters is 1. The smallest absolute Gasteiger partial charge is 0.343 e. The molecule has 1 saturated carbocycles. The lowest BCUT2D eigenvalue weighted by molar-refractivity contribution is 0.0728. The Kier molecular flexibility index (Phi) is 11.8. The number of benzene rings is 2. The van der Waals surface area contributed by atoms with Gasteiger partial charge in [-0.15, -0.1) is 0 Å². The molecule has 1 aliphatic carbocycles. The van der Waals surface area contributed by atoms with Gasteiger partial charge in [0.25, 0.3) is 0 Å². The summed E-state index contributed by atoms with van der Waals surface area (Å²) in [6.07, 6.45) is 17.5. The number of carbonyl (C=O) groups is 1. The number of carbonyl (C=O) groups excluding carboxylic acids is 1. The maximum absolute atomic E-state index is 14.0. The fraction of sp³-hybridized carbons (Fsp3) is 0.548. The van der Waals surface area contributed by atoms with Crippen molar-refractivity contribution in [1.82, 2.24) is 0 Å². The quantitative estimate of drug-likeness (QED) is 0.150. The summed E-state index contributed by atoms with van der Waals surface area (Å²) < 4.78 is 24.9. The van der Waals surface area contributed by atoms with Gasteiger partial charge in [0, 0.05) is 0 Å². The molecule has 0 saturated heterocycles. The Morgan fingerprint density at radius 1 is 0.917 bits per heavy atom. The minimum absolute atomic E-state index is 0.171. The van der Waals surface area contributed by atoms with Gasteiger partial charge in [0.05, 0.1) is 23.8 Å². The molecule has 1 aliphatic rings. The molecule has 3 rings (SSSR count). The summed E-state index contributed by atoms with van der Waals surface area (Å²) in [7, 11) is 0. The van der Waals surface area contributed by atoms with Gasteiger partial charge in [-0.1, -0.05) is 77.6 Å². The van der Waals surface area contributed by atoms with Crippen LogP contribution in [0, 0.1) is 29.0 Å². The fourth-order valence-electron chi connectivity index (χ4n) is 5.08. The molecule has 1 fully saturated rings. The van der Waals surface area contributed by atoms with Crippen molar-refractivity contribution in [2.75, 3.05) is 6.61 Å². The van der Waals surface area contributed by atoms with Crippen molar-refractivity contribution in [2.24, 2.45) is 11.8 Å². The molecule has 0 bridgehead atoms. The van der Waals surface area contributed by atoms with E-state index in [1.54, 1.807) is 24.3 Å². The minimum Gasteiger partial charge on any atom is -0.494 e. The van der Waals surface area contributed by atoms with Crippen molar-refractivity contribution in [3.8, 4) is 17.6 Å². The number of nitrogens with zero attached hydrogens (tertiary/aromatic N) is 1. The molecular formula is C31H40FNO3. The highest BCUT2D eigenvalue weighted by Crippen LogP contribution is 2.34. The summed E-state index contributed by atoms with van der Waals surface area (Å²) in [6.45, 7) is 2.94. The molecule has 2 aromatic carbocycles. The van der Waals surface area contributed by atoms with Gasteiger partial charge in [-0.05, 0) is 67.1 Å². The molecule has 0 atom stereocenters. The van der Waals surface area contributed by atoms with Crippen LogP contribution in [0.25, 0.3) is 0 Å². The molecule has 5 heteroatoms. The number of nitriles is 1. The van der Waals surface area contributed by atoms with Gasteiger partial charge in [-0.25, -0.2) is 9.18 Å². The zero-order valence-corrected chi connectivity index (χ0v) is 21.6. The van der Waals surface area contributed by atoms with Gasteiger partial charge in [0.2, 0.25) is 0 Å². The van der Waals surface area contributed by atoms with Crippen molar-refractivity contribution < 1.29 is 18.7 Å². The predicted octanol–water partition coefficient (Wildman–Crippen LogP) is 8.63. The van der Waals surface area contributed by atoms with Crippen molar-refractivity contribution in [2.45, 2.75) is 90.4 Å². The molecule has 36 heavy (non-hydrogen) atoms. The minimum atomic E-state index is -0.742. The Morgan fingerprint density at radius 3 is 2.19 bits per heavy atom. The van der Waals surface area contributed by atoms with E-state index in [1.807, 2.05) is 6.07 Å². The van der Waals surface area contributed by atoms with Crippen LogP contribution >= 0.6 is 0 Å². The highest BCUT2D eigenvalue weighted by molar-refractivity contribution is 5.91. The molecule has 2 aromatic rings. The highest BCUT2D eigenvalue weighted by Gasteiger charge is 2.20. The first-order chi connectivity index (χ1) is 17.6. The molecule has 0 amide bonds. The van der Waals surface area contributed by atoms with E-state index >= 15 is 0 Å². The summed E-state index contributed by atoms with van der Waals surface area (Å²) in [6, 6.07) is 12.3. The van der Waals surface area contributed by atoms with Crippen LogP contribution in [0.3, 0.4) is 0 Å². The average molecular weight is 494 g/mol. The van der Waals surface area contributed by atoms with Crippen LogP contribution in [0.2, 0.25) is 0 Å². The summed E-state index contributed by atoms with van der Waals surface area (Å²) >= 11 is 0. The van der Waals surface area contributed by atoms with E-state index < -0.39 is 11.8 Å². The van der Waals surface area contributed by atoms with E-state index in [4.69, 9.17) is 14.7 Å². The molecule has 0 radical (unpaired) electrons. The van der Waals surface area contributed by atoms with Gasteiger partial charge in [0.15, 0.2) is 11.6 Å². The normalized spacial score (nSPS) is 17.4. The van der Waals surface area contributed by atoms with Crippen molar-refractivity contribution in [3.05, 3.63) is 59.4 Å². The van der Waals surface area contributed by atoms with E-state index in [-0.39, 0.29) is 11.3 Å². The van der Waals surface area contributed by atoms with E-state index in [9.17, 15) is 9.18 Å². The summed E-state index contributed by atoms with van der Waals surface area (Å²) in [5, 5.41) is 8.81. The van der Waals surface area contributed by atoms with Gasteiger partial charge in [-0.3, -0.25) is 0 Å². The third-order valence-corrected chi connectivity index (χ3v) is 7.31. The fourth-order valence-corrected chi connectivity index (χ4v) is 5.08. The van der Waals surface area contributed by atoms with Crippen LogP contribution in [-0.2, 0) is 0 Å². The van der Waals surface area contributed by atoms with E-state index in [1.165, 1.54) is 89.2 Å². The number of ether oxygens (including phenoxy) is 2. The molecule has 194 valence electrons. The maximum Gasteiger partial charge on any atom is 0.343 e. The van der Waals surface area contributed by atoms with Crippen molar-refractivity contribution >= 4 is 5.97 Å². The second kappa shape index (κ2) is 15.3. The third kappa shape index (κ3) is 9.30. The molecule has 0 N–H and O–H groups in total. The topological polar surface area (TPSA) is 59.3 Å². The second-order valence-electron chi connectivity index (χ2n) is 10.1. The molecular weight excluding hydrogens is 453 g/mol. The summed E-state index contributed by atoms with van der Waals surface area (Å²) in [5.74, 6) is 0.886. The molecule has 0 heterocycles. The molecule has 0 unspecified atom stereocenters. The summed E-state index contributed by atoms with van der Waals surface area (Å²) in [4.78, 5) is 12.3. The van der Waals surface area contributed by atoms with E-state index in [0.717, 1.165) is 24.3 Å². The SMILES string of the molecule is CCCCCCCC[C@H]1CC[C@H](CCCOc2ccc(C(=O)Oc3ccc(C#N)cc3F)cc2)CC1. The first-order valence-corrected chi connectivity index (χ1v) is 13.7. The van der Waals surface area contributed by atoms with Crippen molar-refractivity contribution in [3.63, 3.8) is 0 Å². The van der Waals surface area contributed by atoms with Crippen LogP contribution in [0.4, 0.5) is 4.39 Å². The molecule has 0 aliphatic heterocycles. The van der Waals surface area contributed by atoms with Gasteiger partial charge >= 0.3 is 5.97 Å². The first-order valence-electron chi connectivity index (χ1n) is 13.7. The highest BCUT2D eigenvalue weighted by atomic mass is 19.1. The monoisotopic (exact) mass is 493 g/mol. The lowest BCUT2D eigenvalue weighted by Crippen LogP contribution is -2.15. The van der Waals surface area contributed by atoms with Gasteiger partial charge in [-0.2, -0.15) is 5.26 Å². The van der Waals surface area contributed by atoms with Crippen LogP contribution in [0.1, 0.15) is 106 Å². The number of halogens is 1. The molecule has 4 nitrogen and oxygen atoms in total.